The molecule has 1 aromatic heterocycles. The van der Waals surface area contributed by atoms with Gasteiger partial charge in [-0.3, -0.25) is 4.79 Å². The van der Waals surface area contributed by atoms with Crippen molar-refractivity contribution in [3.05, 3.63) is 100 Å². The summed E-state index contributed by atoms with van der Waals surface area (Å²) in [6.45, 7) is 2.99. The van der Waals surface area contributed by atoms with Crippen LogP contribution in [0.2, 0.25) is 0 Å². The number of carboxylic acid groups (broad SMARTS) is 1. The molecule has 2 atom stereocenters. The van der Waals surface area contributed by atoms with Gasteiger partial charge in [-0.2, -0.15) is 0 Å². The largest absolute Gasteiger partial charge is 0.481 e. The molecule has 2 aliphatic carbocycles. The molecule has 2 N–H and O–H groups in total. The van der Waals surface area contributed by atoms with Crippen LogP contribution >= 0.6 is 0 Å². The Labute approximate surface area is 200 Å². The lowest BCUT2D eigenvalue weighted by molar-refractivity contribution is -0.217. The smallest absolute Gasteiger partial charge is 0.306 e. The van der Waals surface area contributed by atoms with Crippen molar-refractivity contribution in [1.82, 2.24) is 4.98 Å². The molecule has 5 rings (SSSR count). The van der Waals surface area contributed by atoms with Crippen LogP contribution in [0.1, 0.15) is 59.3 Å². The molecule has 0 saturated carbocycles. The minimum Gasteiger partial charge on any atom is -0.481 e. The molecular weight excluding hydrogens is 426 g/mol. The van der Waals surface area contributed by atoms with Crippen molar-refractivity contribution in [1.29, 1.82) is 0 Å². The second-order valence-electron chi connectivity index (χ2n) is 9.36. The van der Waals surface area contributed by atoms with E-state index in [-0.39, 0.29) is 11.8 Å². The maximum Gasteiger partial charge on any atom is 0.306 e. The fraction of sp³-hybridized carbons (Fsp3) is 0.345. The Hall–Kier alpha value is -3.15. The molecule has 0 fully saturated rings. The predicted octanol–water partition coefficient (Wildman–Crippen LogP) is 5.85. The highest BCUT2D eigenvalue weighted by Gasteiger charge is 2.40. The van der Waals surface area contributed by atoms with Crippen LogP contribution in [-0.4, -0.2) is 21.8 Å². The quantitative estimate of drug-likeness (QED) is 0.416. The number of hydrogen-bond acceptors (Lipinski definition) is 3. The molecule has 2 aromatic carbocycles. The number of carbonyl (C=O) groups is 1. The van der Waals surface area contributed by atoms with E-state index in [0.29, 0.717) is 32.5 Å². The van der Waals surface area contributed by atoms with Gasteiger partial charge in [-0.15, -0.1) is 0 Å². The summed E-state index contributed by atoms with van der Waals surface area (Å²) in [5.74, 6) is -1.76. The van der Waals surface area contributed by atoms with Crippen molar-refractivity contribution in [2.24, 2.45) is 5.92 Å². The summed E-state index contributed by atoms with van der Waals surface area (Å²) in [7, 11) is 0. The second kappa shape index (κ2) is 9.61. The van der Waals surface area contributed by atoms with E-state index in [1.165, 1.54) is 5.69 Å². The van der Waals surface area contributed by atoms with Gasteiger partial charge in [0.05, 0.1) is 19.1 Å². The number of aromatic nitrogens is 1. The van der Waals surface area contributed by atoms with Crippen molar-refractivity contribution in [3.8, 4) is 0 Å². The molecule has 0 aliphatic heterocycles. The molecule has 34 heavy (non-hydrogen) atoms. The average Bonchev–Trinajstić information content (AvgIpc) is 3.24. The highest BCUT2D eigenvalue weighted by atomic mass is 16.7. The van der Waals surface area contributed by atoms with Gasteiger partial charge in [0.1, 0.15) is 0 Å². The first-order valence-electron chi connectivity index (χ1n) is 12.1. The molecule has 0 spiro atoms. The normalized spacial score (nSPS) is 20.5. The van der Waals surface area contributed by atoms with Crippen LogP contribution in [0.5, 0.6) is 0 Å². The number of benzene rings is 2. The van der Waals surface area contributed by atoms with Crippen molar-refractivity contribution >= 4 is 12.0 Å². The third-order valence-electron chi connectivity index (χ3n) is 7.13. The van der Waals surface area contributed by atoms with Gasteiger partial charge in [0, 0.05) is 17.8 Å². The summed E-state index contributed by atoms with van der Waals surface area (Å²) in [6.07, 6.45) is 6.76. The molecule has 0 bridgehead atoms. The number of hydrogen-bond donors (Lipinski definition) is 2. The zero-order chi connectivity index (χ0) is 23.5. The summed E-state index contributed by atoms with van der Waals surface area (Å²) >= 11 is 0. The van der Waals surface area contributed by atoms with E-state index in [1.807, 2.05) is 66.7 Å². The molecule has 2 unspecified atom stereocenters. The zero-order valence-electron chi connectivity index (χ0n) is 19.5. The SMILES string of the molecule is CCC1CC(C(=O)O)Cc2c1[nH]c1c2CC(OCc2ccccc2)(OCc2ccccc2)C=C1. The van der Waals surface area contributed by atoms with Gasteiger partial charge in [0.25, 0.3) is 0 Å². The lowest BCUT2D eigenvalue weighted by Crippen LogP contribution is -2.38. The lowest BCUT2D eigenvalue weighted by atomic mass is 9.77. The monoisotopic (exact) mass is 457 g/mol. The topological polar surface area (TPSA) is 71.5 Å². The number of H-pyrrole nitrogens is 1. The van der Waals surface area contributed by atoms with Crippen molar-refractivity contribution < 1.29 is 19.4 Å². The number of fused-ring (bicyclic) bond motifs is 3. The van der Waals surface area contributed by atoms with Crippen molar-refractivity contribution in [3.63, 3.8) is 0 Å². The number of nitrogens with one attached hydrogen (secondary N) is 1. The minimum absolute atomic E-state index is 0.230. The van der Waals surface area contributed by atoms with Gasteiger partial charge >= 0.3 is 5.97 Å². The van der Waals surface area contributed by atoms with Gasteiger partial charge in [0.2, 0.25) is 0 Å². The molecular formula is C29H31NO4. The van der Waals surface area contributed by atoms with E-state index in [4.69, 9.17) is 9.47 Å². The number of aromatic amines is 1. The molecule has 3 aromatic rings. The van der Waals surface area contributed by atoms with Crippen LogP contribution in [0.15, 0.2) is 66.7 Å². The highest BCUT2D eigenvalue weighted by molar-refractivity contribution is 5.72. The fourth-order valence-electron chi connectivity index (χ4n) is 5.21. The van der Waals surface area contributed by atoms with E-state index in [2.05, 4.69) is 18.0 Å². The Morgan fingerprint density at radius 2 is 1.62 bits per heavy atom. The Balaban J connectivity index is 1.46. The summed E-state index contributed by atoms with van der Waals surface area (Å²) in [5.41, 5.74) is 6.67. The van der Waals surface area contributed by atoms with E-state index < -0.39 is 11.8 Å². The lowest BCUT2D eigenvalue weighted by Gasteiger charge is -2.34. The van der Waals surface area contributed by atoms with Gasteiger partial charge < -0.3 is 19.6 Å². The Bertz CT molecular complexity index is 1120. The third-order valence-corrected chi connectivity index (χ3v) is 7.13. The number of ether oxygens (including phenoxy) is 2. The summed E-state index contributed by atoms with van der Waals surface area (Å²) < 4.78 is 13.0. The predicted molar refractivity (Wildman–Crippen MR) is 131 cm³/mol. The van der Waals surface area contributed by atoms with Crippen LogP contribution in [-0.2, 0) is 40.3 Å². The standard InChI is InChI=1S/C29H31NO4/c1-2-22-15-23(28(31)32)16-24-25-17-29(14-13-26(25)30-27(22)24,33-18-20-9-5-3-6-10-20)34-19-21-11-7-4-8-12-21/h3-14,22-23,30H,2,15-19H2,1H3,(H,31,32). The number of rotatable bonds is 8. The molecule has 0 saturated heterocycles. The number of aliphatic carboxylic acids is 1. The van der Waals surface area contributed by atoms with Gasteiger partial charge in [-0.25, -0.2) is 0 Å². The molecule has 1 heterocycles. The van der Waals surface area contributed by atoms with Crippen LogP contribution in [0.25, 0.3) is 6.08 Å². The van der Waals surface area contributed by atoms with Crippen LogP contribution in [0, 0.1) is 5.92 Å². The fourth-order valence-corrected chi connectivity index (χ4v) is 5.21. The van der Waals surface area contributed by atoms with Gasteiger partial charge in [-0.1, -0.05) is 67.6 Å². The second-order valence-corrected chi connectivity index (χ2v) is 9.36. The molecule has 2 aliphatic rings. The van der Waals surface area contributed by atoms with E-state index in [1.54, 1.807) is 0 Å². The van der Waals surface area contributed by atoms with Crippen LogP contribution in [0.3, 0.4) is 0 Å². The zero-order valence-corrected chi connectivity index (χ0v) is 19.5. The molecule has 5 nitrogen and oxygen atoms in total. The first-order valence-corrected chi connectivity index (χ1v) is 12.1. The van der Waals surface area contributed by atoms with Crippen LogP contribution < -0.4 is 0 Å². The van der Waals surface area contributed by atoms with E-state index in [9.17, 15) is 9.90 Å². The Kier molecular flexibility index (Phi) is 6.40. The van der Waals surface area contributed by atoms with Gasteiger partial charge in [-0.05, 0) is 59.6 Å². The first-order chi connectivity index (χ1) is 16.6. The molecule has 0 radical (unpaired) electrons. The summed E-state index contributed by atoms with van der Waals surface area (Å²) in [4.78, 5) is 15.5. The van der Waals surface area contributed by atoms with Crippen molar-refractivity contribution in [2.45, 2.75) is 57.5 Å². The Morgan fingerprint density at radius 3 is 2.18 bits per heavy atom. The Morgan fingerprint density at radius 1 is 1.00 bits per heavy atom. The number of carboxylic acids is 1. The summed E-state index contributed by atoms with van der Waals surface area (Å²) in [5, 5.41) is 9.77. The average molecular weight is 458 g/mol. The minimum atomic E-state index is -0.924. The van der Waals surface area contributed by atoms with Crippen LogP contribution in [0.4, 0.5) is 0 Å². The van der Waals surface area contributed by atoms with Gasteiger partial charge in [0.15, 0.2) is 5.79 Å². The molecule has 5 heteroatoms. The maximum absolute atomic E-state index is 11.9. The molecule has 176 valence electrons. The third kappa shape index (κ3) is 4.59. The maximum atomic E-state index is 11.9. The highest BCUT2D eigenvalue weighted by Crippen LogP contribution is 2.43. The summed E-state index contributed by atoms with van der Waals surface area (Å²) in [6, 6.07) is 20.2. The molecule has 0 amide bonds. The van der Waals surface area contributed by atoms with Crippen molar-refractivity contribution in [2.75, 3.05) is 0 Å². The first kappa shape index (κ1) is 22.6. The van der Waals surface area contributed by atoms with E-state index >= 15 is 0 Å². The van der Waals surface area contributed by atoms with E-state index in [0.717, 1.165) is 34.4 Å².